The van der Waals surface area contributed by atoms with Crippen LogP contribution in [0.25, 0.3) is 0 Å². The molecule has 8 nitrogen and oxygen atoms in total. The topological polar surface area (TPSA) is 112 Å². The van der Waals surface area contributed by atoms with E-state index in [1.807, 2.05) is 0 Å². The Hall–Kier alpha value is -3.07. The third-order valence-corrected chi connectivity index (χ3v) is 3.62. The number of phenolic OH excluding ortho intramolecular Hbond substituents is 1. The van der Waals surface area contributed by atoms with Crippen molar-refractivity contribution in [2.75, 3.05) is 5.32 Å². The molecule has 3 amide bonds. The third kappa shape index (κ3) is 4.48. The number of halogens is 1. The Labute approximate surface area is 151 Å². The normalized spacial score (nSPS) is 10.0. The summed E-state index contributed by atoms with van der Waals surface area (Å²) in [5.74, 6) is -2.03. The molecule has 0 radical (unpaired) electrons. The van der Waals surface area contributed by atoms with Gasteiger partial charge in [0.2, 0.25) is 5.91 Å². The maximum Gasteiger partial charge on any atom is 0.286 e. The number of aromatic hydroxyl groups is 1. The number of hydrogen-bond donors (Lipinski definition) is 4. The van der Waals surface area contributed by atoms with Crippen LogP contribution in [0.2, 0.25) is 0 Å². The van der Waals surface area contributed by atoms with Crippen molar-refractivity contribution in [1.29, 1.82) is 0 Å². The summed E-state index contributed by atoms with van der Waals surface area (Å²) in [6.45, 7) is 3.32. The second-order valence-electron chi connectivity index (χ2n) is 4.99. The molecule has 4 N–H and O–H groups in total. The smallest absolute Gasteiger partial charge is 0.286 e. The Kier molecular flexibility index (Phi) is 5.60. The van der Waals surface area contributed by atoms with Crippen molar-refractivity contribution in [1.82, 2.24) is 15.4 Å². The van der Waals surface area contributed by atoms with E-state index in [1.54, 1.807) is 23.9 Å². The van der Waals surface area contributed by atoms with Crippen molar-refractivity contribution in [2.45, 2.75) is 0 Å². The minimum Gasteiger partial charge on any atom is -0.507 e. The van der Waals surface area contributed by atoms with Crippen molar-refractivity contribution in [3.63, 3.8) is 0 Å². The molecule has 2 aromatic rings. The number of hydrogen-bond acceptors (Lipinski definition) is 4. The SMILES string of the molecule is C=CC(=O)Nc1ccc(O)c(C(=O)NNC(=O)c2cc(Br)cn2C)c1. The Morgan fingerprint density at radius 3 is 2.48 bits per heavy atom. The second-order valence-corrected chi connectivity index (χ2v) is 5.90. The molecule has 0 spiro atoms. The molecule has 0 fully saturated rings. The number of nitrogens with zero attached hydrogens (tertiary/aromatic N) is 1. The van der Waals surface area contributed by atoms with E-state index in [2.05, 4.69) is 38.7 Å². The van der Waals surface area contributed by atoms with Crippen molar-refractivity contribution >= 4 is 39.3 Å². The molecule has 25 heavy (non-hydrogen) atoms. The van der Waals surface area contributed by atoms with Crippen LogP contribution in [-0.4, -0.2) is 27.4 Å². The summed E-state index contributed by atoms with van der Waals surface area (Å²) in [6.07, 6.45) is 2.76. The molecule has 9 heteroatoms. The molecule has 1 aromatic heterocycles. The Bertz CT molecular complexity index is 860. The van der Waals surface area contributed by atoms with E-state index in [1.165, 1.54) is 18.2 Å². The molecular formula is C16H15BrN4O4. The number of hydrazine groups is 1. The average Bonchev–Trinajstić information content (AvgIpc) is 2.92. The number of anilines is 1. The predicted molar refractivity (Wildman–Crippen MR) is 95.0 cm³/mol. The van der Waals surface area contributed by atoms with Gasteiger partial charge in [0.05, 0.1) is 5.56 Å². The van der Waals surface area contributed by atoms with Gasteiger partial charge in [-0.3, -0.25) is 25.2 Å². The molecule has 0 atom stereocenters. The van der Waals surface area contributed by atoms with Gasteiger partial charge in [-0.05, 0) is 46.3 Å². The molecule has 0 unspecified atom stereocenters. The van der Waals surface area contributed by atoms with Crippen LogP contribution >= 0.6 is 15.9 Å². The summed E-state index contributed by atoms with van der Waals surface area (Å²) >= 11 is 3.25. The van der Waals surface area contributed by atoms with Gasteiger partial charge in [0.1, 0.15) is 11.4 Å². The van der Waals surface area contributed by atoms with Crippen LogP contribution in [0.5, 0.6) is 5.75 Å². The Balaban J connectivity index is 2.08. The van der Waals surface area contributed by atoms with E-state index in [4.69, 9.17) is 0 Å². The number of aryl methyl sites for hydroxylation is 1. The molecule has 1 aromatic carbocycles. The number of amides is 3. The molecule has 0 saturated carbocycles. The average molecular weight is 407 g/mol. The number of carbonyl (C=O) groups is 3. The predicted octanol–water partition coefficient (Wildman–Crippen LogP) is 1.69. The first-order chi connectivity index (χ1) is 11.8. The van der Waals surface area contributed by atoms with Crippen molar-refractivity contribution in [3.05, 3.63) is 58.8 Å². The largest absolute Gasteiger partial charge is 0.507 e. The van der Waals surface area contributed by atoms with E-state index in [0.29, 0.717) is 11.4 Å². The maximum absolute atomic E-state index is 12.2. The number of benzene rings is 1. The summed E-state index contributed by atoms with van der Waals surface area (Å²) < 4.78 is 2.30. The summed E-state index contributed by atoms with van der Waals surface area (Å²) in [5, 5.41) is 12.3. The highest BCUT2D eigenvalue weighted by molar-refractivity contribution is 9.10. The summed E-state index contributed by atoms with van der Waals surface area (Å²) in [6, 6.07) is 5.54. The minimum atomic E-state index is -0.742. The van der Waals surface area contributed by atoms with Crippen LogP contribution in [0.1, 0.15) is 20.8 Å². The lowest BCUT2D eigenvalue weighted by Crippen LogP contribution is -2.42. The summed E-state index contributed by atoms with van der Waals surface area (Å²) in [5.41, 5.74) is 4.97. The number of phenols is 1. The van der Waals surface area contributed by atoms with Crippen molar-refractivity contribution in [2.24, 2.45) is 7.05 Å². The summed E-state index contributed by atoms with van der Waals surface area (Å²) in [4.78, 5) is 35.5. The van der Waals surface area contributed by atoms with Gasteiger partial charge in [-0.2, -0.15) is 0 Å². The Morgan fingerprint density at radius 2 is 1.88 bits per heavy atom. The number of rotatable bonds is 4. The minimum absolute atomic E-state index is 0.116. The van der Waals surface area contributed by atoms with E-state index in [9.17, 15) is 19.5 Å². The van der Waals surface area contributed by atoms with E-state index in [0.717, 1.165) is 10.5 Å². The molecule has 2 rings (SSSR count). The molecule has 0 bridgehead atoms. The zero-order valence-corrected chi connectivity index (χ0v) is 14.8. The zero-order chi connectivity index (χ0) is 18.6. The van der Waals surface area contributed by atoms with Crippen LogP contribution in [-0.2, 0) is 11.8 Å². The first-order valence-electron chi connectivity index (χ1n) is 7.00. The fourth-order valence-corrected chi connectivity index (χ4v) is 2.51. The molecule has 0 aliphatic rings. The van der Waals surface area contributed by atoms with E-state index < -0.39 is 17.7 Å². The van der Waals surface area contributed by atoms with Gasteiger partial charge in [-0.25, -0.2) is 0 Å². The first kappa shape index (κ1) is 18.3. The van der Waals surface area contributed by atoms with Gasteiger partial charge in [0, 0.05) is 23.4 Å². The highest BCUT2D eigenvalue weighted by Gasteiger charge is 2.15. The van der Waals surface area contributed by atoms with Gasteiger partial charge in [-0.1, -0.05) is 6.58 Å². The van der Waals surface area contributed by atoms with Gasteiger partial charge >= 0.3 is 0 Å². The van der Waals surface area contributed by atoms with Crippen LogP contribution < -0.4 is 16.2 Å². The fraction of sp³-hybridized carbons (Fsp3) is 0.0625. The summed E-state index contributed by atoms with van der Waals surface area (Å²) in [7, 11) is 1.68. The highest BCUT2D eigenvalue weighted by Crippen LogP contribution is 2.21. The van der Waals surface area contributed by atoms with Crippen LogP contribution in [0.3, 0.4) is 0 Å². The standard InChI is InChI=1S/C16H15BrN4O4/c1-3-14(23)18-10-4-5-13(22)11(7-10)15(24)19-20-16(25)12-6-9(17)8-21(12)2/h3-8,22H,1H2,2H3,(H,18,23)(H,19,24)(H,20,25). The monoisotopic (exact) mass is 406 g/mol. The molecule has 0 aliphatic heterocycles. The lowest BCUT2D eigenvalue weighted by Gasteiger charge is -2.10. The quantitative estimate of drug-likeness (QED) is 0.351. The second kappa shape index (κ2) is 7.67. The van der Waals surface area contributed by atoms with Crippen LogP contribution in [0.4, 0.5) is 5.69 Å². The van der Waals surface area contributed by atoms with Gasteiger partial charge in [-0.15, -0.1) is 0 Å². The molecule has 130 valence electrons. The third-order valence-electron chi connectivity index (χ3n) is 3.19. The number of aromatic nitrogens is 1. The zero-order valence-electron chi connectivity index (χ0n) is 13.2. The van der Waals surface area contributed by atoms with Crippen molar-refractivity contribution in [3.8, 4) is 5.75 Å². The number of nitrogens with one attached hydrogen (secondary N) is 3. The number of carbonyl (C=O) groups excluding carboxylic acids is 3. The van der Waals surface area contributed by atoms with Crippen LogP contribution in [0, 0.1) is 0 Å². The van der Waals surface area contributed by atoms with Gasteiger partial charge in [0.25, 0.3) is 11.8 Å². The lowest BCUT2D eigenvalue weighted by molar-refractivity contribution is -0.111. The fourth-order valence-electron chi connectivity index (χ4n) is 1.98. The molecular weight excluding hydrogens is 392 g/mol. The molecule has 0 saturated heterocycles. The maximum atomic E-state index is 12.2. The highest BCUT2D eigenvalue weighted by atomic mass is 79.9. The molecule has 1 heterocycles. The van der Waals surface area contributed by atoms with Crippen molar-refractivity contribution < 1.29 is 19.5 Å². The first-order valence-corrected chi connectivity index (χ1v) is 7.80. The van der Waals surface area contributed by atoms with E-state index >= 15 is 0 Å². The lowest BCUT2D eigenvalue weighted by atomic mass is 10.1. The molecule has 0 aliphatic carbocycles. The Morgan fingerprint density at radius 1 is 1.20 bits per heavy atom. The van der Waals surface area contributed by atoms with Crippen LogP contribution in [0.15, 0.2) is 47.6 Å². The van der Waals surface area contributed by atoms with Gasteiger partial charge < -0.3 is 15.0 Å². The van der Waals surface area contributed by atoms with Gasteiger partial charge in [0.15, 0.2) is 0 Å². The van der Waals surface area contributed by atoms with E-state index in [-0.39, 0.29) is 11.3 Å².